The molecule has 3 aromatic rings. The van der Waals surface area contributed by atoms with Gasteiger partial charge in [-0.1, -0.05) is 6.07 Å². The van der Waals surface area contributed by atoms with E-state index < -0.39 is 17.7 Å². The highest BCUT2D eigenvalue weighted by Gasteiger charge is 2.16. The molecule has 0 aliphatic rings. The maximum absolute atomic E-state index is 13.9. The molecule has 3 N–H and O–H groups in total. The molecule has 2 aromatic heterocycles. The van der Waals surface area contributed by atoms with Gasteiger partial charge in [0.15, 0.2) is 11.4 Å². The standard InChI is InChI=1S/C20H21F2N5O/c1-12-6-19(28-11-15-16(21)4-3-5-17(15)22)20-26-13(2)18(27(20)10-12)9-25-14(7-23)8-24/h3-6,10,14,25H,7,9,11,23H2,1-2H3. The molecule has 1 aromatic carbocycles. The van der Waals surface area contributed by atoms with Crippen LogP contribution in [0, 0.1) is 36.8 Å². The van der Waals surface area contributed by atoms with Crippen LogP contribution in [0.1, 0.15) is 22.5 Å². The molecule has 0 saturated carbocycles. The van der Waals surface area contributed by atoms with Crippen molar-refractivity contribution in [3.05, 3.63) is 64.6 Å². The topological polar surface area (TPSA) is 88.4 Å². The average molecular weight is 385 g/mol. The van der Waals surface area contributed by atoms with E-state index in [1.807, 2.05) is 24.4 Å². The van der Waals surface area contributed by atoms with E-state index in [2.05, 4.69) is 16.4 Å². The molecule has 0 aliphatic carbocycles. The van der Waals surface area contributed by atoms with Gasteiger partial charge in [0, 0.05) is 19.3 Å². The molecule has 3 rings (SSSR count). The van der Waals surface area contributed by atoms with Crippen LogP contribution in [0.3, 0.4) is 0 Å². The van der Waals surface area contributed by atoms with Gasteiger partial charge in [0.05, 0.1) is 23.0 Å². The lowest BCUT2D eigenvalue weighted by molar-refractivity contribution is 0.294. The van der Waals surface area contributed by atoms with Gasteiger partial charge >= 0.3 is 0 Å². The molecule has 0 radical (unpaired) electrons. The number of aryl methyl sites for hydroxylation is 2. The third-order valence-corrected chi connectivity index (χ3v) is 4.46. The highest BCUT2D eigenvalue weighted by atomic mass is 19.1. The van der Waals surface area contributed by atoms with Crippen LogP contribution < -0.4 is 15.8 Å². The Morgan fingerprint density at radius 2 is 2.04 bits per heavy atom. The second-order valence-electron chi connectivity index (χ2n) is 6.51. The van der Waals surface area contributed by atoms with Gasteiger partial charge in [-0.25, -0.2) is 13.8 Å². The Kier molecular flexibility index (Phi) is 5.87. The molecule has 28 heavy (non-hydrogen) atoms. The predicted molar refractivity (Wildman–Crippen MR) is 101 cm³/mol. The lowest BCUT2D eigenvalue weighted by atomic mass is 10.2. The number of hydrogen-bond donors (Lipinski definition) is 2. The van der Waals surface area contributed by atoms with Crippen molar-refractivity contribution in [1.82, 2.24) is 14.7 Å². The maximum Gasteiger partial charge on any atom is 0.180 e. The first-order valence-corrected chi connectivity index (χ1v) is 8.81. The van der Waals surface area contributed by atoms with E-state index in [0.29, 0.717) is 17.9 Å². The Bertz CT molecular complexity index is 1020. The summed E-state index contributed by atoms with van der Waals surface area (Å²) in [7, 11) is 0. The molecule has 0 fully saturated rings. The van der Waals surface area contributed by atoms with Crippen molar-refractivity contribution in [1.29, 1.82) is 5.26 Å². The number of nitriles is 1. The number of ether oxygens (including phenoxy) is 1. The molecule has 0 spiro atoms. The van der Waals surface area contributed by atoms with Gasteiger partial charge in [0.2, 0.25) is 0 Å². The second kappa shape index (κ2) is 8.33. The third kappa shape index (κ3) is 3.96. The van der Waals surface area contributed by atoms with Crippen molar-refractivity contribution in [3.8, 4) is 11.8 Å². The summed E-state index contributed by atoms with van der Waals surface area (Å²) >= 11 is 0. The van der Waals surface area contributed by atoms with Crippen LogP contribution in [0.2, 0.25) is 0 Å². The lowest BCUT2D eigenvalue weighted by Crippen LogP contribution is -2.34. The van der Waals surface area contributed by atoms with Gasteiger partial charge in [0.25, 0.3) is 0 Å². The van der Waals surface area contributed by atoms with Crippen LogP contribution in [0.25, 0.3) is 5.65 Å². The quantitative estimate of drug-likeness (QED) is 0.653. The smallest absolute Gasteiger partial charge is 0.180 e. The van der Waals surface area contributed by atoms with Crippen LogP contribution in [-0.2, 0) is 13.2 Å². The van der Waals surface area contributed by atoms with Crippen molar-refractivity contribution >= 4 is 5.65 Å². The molecule has 1 unspecified atom stereocenters. The van der Waals surface area contributed by atoms with Crippen LogP contribution in [0.5, 0.6) is 5.75 Å². The summed E-state index contributed by atoms with van der Waals surface area (Å²) in [5, 5.41) is 12.1. The number of halogens is 2. The SMILES string of the molecule is Cc1cc(OCc2c(F)cccc2F)c2nc(C)c(CNC(C#N)CN)n2c1. The minimum atomic E-state index is -0.655. The van der Waals surface area contributed by atoms with Crippen LogP contribution in [-0.4, -0.2) is 22.0 Å². The number of pyridine rings is 1. The molecule has 146 valence electrons. The Morgan fingerprint density at radius 3 is 2.68 bits per heavy atom. The monoisotopic (exact) mass is 385 g/mol. The van der Waals surface area contributed by atoms with Crippen LogP contribution in [0.15, 0.2) is 30.5 Å². The van der Waals surface area contributed by atoms with Crippen LogP contribution >= 0.6 is 0 Å². The highest BCUT2D eigenvalue weighted by Crippen LogP contribution is 2.26. The largest absolute Gasteiger partial charge is 0.485 e. The zero-order valence-electron chi connectivity index (χ0n) is 15.7. The molecule has 0 amide bonds. The highest BCUT2D eigenvalue weighted by molar-refractivity contribution is 5.57. The van der Waals surface area contributed by atoms with Crippen molar-refractivity contribution in [3.63, 3.8) is 0 Å². The molecule has 0 bridgehead atoms. The number of rotatable bonds is 7. The molecule has 8 heteroatoms. The van der Waals surface area contributed by atoms with Crippen molar-refractivity contribution in [2.75, 3.05) is 6.54 Å². The third-order valence-electron chi connectivity index (χ3n) is 4.46. The summed E-state index contributed by atoms with van der Waals surface area (Å²) in [5.41, 5.74) is 8.47. The van der Waals surface area contributed by atoms with Gasteiger partial charge in [0.1, 0.15) is 24.3 Å². The fourth-order valence-electron chi connectivity index (χ4n) is 2.95. The van der Waals surface area contributed by atoms with E-state index in [1.54, 1.807) is 6.07 Å². The second-order valence-corrected chi connectivity index (χ2v) is 6.51. The Morgan fingerprint density at radius 1 is 1.32 bits per heavy atom. The van der Waals surface area contributed by atoms with E-state index in [1.165, 1.54) is 18.2 Å². The number of benzene rings is 1. The Hall–Kier alpha value is -3.02. The minimum Gasteiger partial charge on any atom is -0.485 e. The summed E-state index contributed by atoms with van der Waals surface area (Å²) in [4.78, 5) is 4.54. The van der Waals surface area contributed by atoms with E-state index in [-0.39, 0.29) is 18.7 Å². The predicted octanol–water partition coefficient (Wildman–Crippen LogP) is 2.75. The van der Waals surface area contributed by atoms with Crippen molar-refractivity contribution < 1.29 is 13.5 Å². The van der Waals surface area contributed by atoms with Gasteiger partial charge in [-0.3, -0.25) is 9.72 Å². The fraction of sp³-hybridized carbons (Fsp3) is 0.300. The Balaban J connectivity index is 1.92. The molecule has 2 heterocycles. The molecular formula is C20H21F2N5O. The van der Waals surface area contributed by atoms with Crippen molar-refractivity contribution in [2.24, 2.45) is 5.73 Å². The first-order valence-electron chi connectivity index (χ1n) is 8.81. The lowest BCUT2D eigenvalue weighted by Gasteiger charge is -2.12. The first kappa shape index (κ1) is 19.7. The van der Waals surface area contributed by atoms with E-state index in [4.69, 9.17) is 15.7 Å². The first-order chi connectivity index (χ1) is 13.4. The van der Waals surface area contributed by atoms with Crippen molar-refractivity contribution in [2.45, 2.75) is 33.0 Å². The number of imidazole rings is 1. The normalized spacial score (nSPS) is 12.1. The Labute approximate surface area is 161 Å². The molecular weight excluding hydrogens is 364 g/mol. The maximum atomic E-state index is 13.9. The van der Waals surface area contributed by atoms with Gasteiger partial charge < -0.3 is 10.5 Å². The molecule has 0 saturated heterocycles. The van der Waals surface area contributed by atoms with Gasteiger partial charge in [-0.2, -0.15) is 5.26 Å². The van der Waals surface area contributed by atoms with Gasteiger partial charge in [-0.05, 0) is 37.6 Å². The molecule has 1 atom stereocenters. The summed E-state index contributed by atoms with van der Waals surface area (Å²) in [6.45, 7) is 4.09. The minimum absolute atomic E-state index is 0.132. The summed E-state index contributed by atoms with van der Waals surface area (Å²) in [5.74, 6) is -0.887. The average Bonchev–Trinajstić information content (AvgIpc) is 2.97. The number of nitrogens with zero attached hydrogens (tertiary/aromatic N) is 3. The molecule has 0 aliphatic heterocycles. The zero-order valence-corrected chi connectivity index (χ0v) is 15.7. The molecule has 6 nitrogen and oxygen atoms in total. The number of fused-ring (bicyclic) bond motifs is 1. The van der Waals surface area contributed by atoms with Gasteiger partial charge in [-0.15, -0.1) is 0 Å². The summed E-state index contributed by atoms with van der Waals surface area (Å²) in [6.07, 6.45) is 1.90. The van der Waals surface area contributed by atoms with E-state index in [0.717, 1.165) is 17.0 Å². The number of aromatic nitrogens is 2. The number of nitrogens with one attached hydrogen (secondary N) is 1. The zero-order chi connectivity index (χ0) is 20.3. The summed E-state index contributed by atoms with van der Waals surface area (Å²) in [6, 6.07) is 7.10. The number of hydrogen-bond acceptors (Lipinski definition) is 5. The van der Waals surface area contributed by atoms with E-state index >= 15 is 0 Å². The summed E-state index contributed by atoms with van der Waals surface area (Å²) < 4.78 is 35.3. The van der Waals surface area contributed by atoms with Crippen LogP contribution in [0.4, 0.5) is 8.78 Å². The number of nitrogens with two attached hydrogens (primary N) is 1. The fourth-order valence-corrected chi connectivity index (χ4v) is 2.95. The van der Waals surface area contributed by atoms with E-state index in [9.17, 15) is 8.78 Å².